The van der Waals surface area contributed by atoms with Crippen molar-refractivity contribution in [1.82, 2.24) is 15.1 Å². The van der Waals surface area contributed by atoms with Gasteiger partial charge in [0.25, 0.3) is 5.91 Å². The Hall–Kier alpha value is -3.41. The number of para-hydroxylation sites is 2. The number of aromatic nitrogens is 2. The highest BCUT2D eigenvalue weighted by atomic mass is 16.5. The van der Waals surface area contributed by atoms with E-state index in [4.69, 9.17) is 4.74 Å². The van der Waals surface area contributed by atoms with Crippen LogP contribution in [0.2, 0.25) is 0 Å². The third kappa shape index (κ3) is 5.31. The van der Waals surface area contributed by atoms with Crippen molar-refractivity contribution in [3.8, 4) is 5.75 Å². The van der Waals surface area contributed by atoms with E-state index >= 15 is 0 Å². The first-order valence-corrected chi connectivity index (χ1v) is 9.76. The smallest absolute Gasteiger partial charge is 0.274 e. The van der Waals surface area contributed by atoms with Gasteiger partial charge in [0.2, 0.25) is 0 Å². The SMILES string of the molecule is CCOc1ccccc1Nc1ccc(C(=O)N(Cc2ccccc2)C(C)C)nn1. The molecule has 0 saturated carbocycles. The Labute approximate surface area is 171 Å². The van der Waals surface area contributed by atoms with E-state index in [1.807, 2.05) is 75.4 Å². The minimum Gasteiger partial charge on any atom is -0.492 e. The fraction of sp³-hybridized carbons (Fsp3) is 0.261. The molecule has 0 aliphatic heterocycles. The molecule has 1 heterocycles. The zero-order chi connectivity index (χ0) is 20.6. The summed E-state index contributed by atoms with van der Waals surface area (Å²) in [5.74, 6) is 1.15. The monoisotopic (exact) mass is 390 g/mol. The first-order chi connectivity index (χ1) is 14.1. The van der Waals surface area contributed by atoms with Crippen LogP contribution in [0.3, 0.4) is 0 Å². The molecule has 0 unspecified atom stereocenters. The maximum atomic E-state index is 13.0. The van der Waals surface area contributed by atoms with E-state index in [2.05, 4.69) is 15.5 Å². The van der Waals surface area contributed by atoms with Crippen LogP contribution in [-0.2, 0) is 6.54 Å². The third-order valence-electron chi connectivity index (χ3n) is 4.41. The van der Waals surface area contributed by atoms with Gasteiger partial charge >= 0.3 is 0 Å². The highest BCUT2D eigenvalue weighted by molar-refractivity contribution is 5.92. The van der Waals surface area contributed by atoms with E-state index in [1.54, 1.807) is 17.0 Å². The van der Waals surface area contributed by atoms with Gasteiger partial charge < -0.3 is 15.0 Å². The number of carbonyl (C=O) groups excluding carboxylic acids is 1. The zero-order valence-corrected chi connectivity index (χ0v) is 17.0. The summed E-state index contributed by atoms with van der Waals surface area (Å²) in [6.07, 6.45) is 0. The molecule has 0 saturated heterocycles. The summed E-state index contributed by atoms with van der Waals surface area (Å²) in [4.78, 5) is 14.8. The van der Waals surface area contributed by atoms with Gasteiger partial charge in [-0.05, 0) is 50.6 Å². The third-order valence-corrected chi connectivity index (χ3v) is 4.41. The van der Waals surface area contributed by atoms with Gasteiger partial charge in [-0.2, -0.15) is 0 Å². The molecule has 3 aromatic rings. The Morgan fingerprint density at radius 1 is 1.00 bits per heavy atom. The van der Waals surface area contributed by atoms with Gasteiger partial charge in [-0.3, -0.25) is 4.79 Å². The number of nitrogens with one attached hydrogen (secondary N) is 1. The summed E-state index contributed by atoms with van der Waals surface area (Å²) in [6, 6.07) is 21.0. The van der Waals surface area contributed by atoms with Crippen LogP contribution in [0.25, 0.3) is 0 Å². The maximum Gasteiger partial charge on any atom is 0.274 e. The number of anilines is 2. The number of hydrogen-bond acceptors (Lipinski definition) is 5. The van der Waals surface area contributed by atoms with Crippen LogP contribution in [-0.4, -0.2) is 33.7 Å². The molecule has 0 aliphatic rings. The minimum absolute atomic E-state index is 0.0420. The second-order valence-corrected chi connectivity index (χ2v) is 6.87. The number of rotatable bonds is 8. The summed E-state index contributed by atoms with van der Waals surface area (Å²) in [7, 11) is 0. The number of nitrogens with zero attached hydrogens (tertiary/aromatic N) is 3. The van der Waals surface area contributed by atoms with Crippen molar-refractivity contribution in [1.29, 1.82) is 0 Å². The van der Waals surface area contributed by atoms with E-state index in [-0.39, 0.29) is 11.9 Å². The molecular weight excluding hydrogens is 364 g/mol. The second-order valence-electron chi connectivity index (χ2n) is 6.87. The number of benzene rings is 2. The Morgan fingerprint density at radius 3 is 2.38 bits per heavy atom. The summed E-state index contributed by atoms with van der Waals surface area (Å²) >= 11 is 0. The van der Waals surface area contributed by atoms with Crippen LogP contribution in [0.1, 0.15) is 36.8 Å². The van der Waals surface area contributed by atoms with Crippen LogP contribution >= 0.6 is 0 Å². The predicted octanol–water partition coefficient (Wildman–Crippen LogP) is 4.67. The quantitative estimate of drug-likeness (QED) is 0.605. The fourth-order valence-corrected chi connectivity index (χ4v) is 2.92. The van der Waals surface area contributed by atoms with E-state index in [9.17, 15) is 4.79 Å². The van der Waals surface area contributed by atoms with Gasteiger partial charge in [0.05, 0.1) is 12.3 Å². The van der Waals surface area contributed by atoms with Gasteiger partial charge in [0.1, 0.15) is 5.75 Å². The lowest BCUT2D eigenvalue weighted by molar-refractivity contribution is 0.0683. The number of ether oxygens (including phenoxy) is 1. The number of carbonyl (C=O) groups is 1. The molecule has 1 aromatic heterocycles. The number of hydrogen-bond donors (Lipinski definition) is 1. The molecule has 6 nitrogen and oxygen atoms in total. The van der Waals surface area contributed by atoms with E-state index in [1.165, 1.54) is 0 Å². The van der Waals surface area contributed by atoms with Crippen LogP contribution in [0.4, 0.5) is 11.5 Å². The second kappa shape index (κ2) is 9.68. The van der Waals surface area contributed by atoms with Crippen molar-refractivity contribution in [2.24, 2.45) is 0 Å². The Balaban J connectivity index is 1.74. The molecule has 29 heavy (non-hydrogen) atoms. The predicted molar refractivity (Wildman–Crippen MR) is 114 cm³/mol. The molecule has 1 N–H and O–H groups in total. The topological polar surface area (TPSA) is 67.3 Å². The molecule has 0 bridgehead atoms. The van der Waals surface area contributed by atoms with Crippen LogP contribution in [0.15, 0.2) is 66.7 Å². The fourth-order valence-electron chi connectivity index (χ4n) is 2.92. The average Bonchev–Trinajstić information content (AvgIpc) is 2.74. The van der Waals surface area contributed by atoms with Crippen molar-refractivity contribution in [2.45, 2.75) is 33.4 Å². The van der Waals surface area contributed by atoms with Gasteiger partial charge in [-0.25, -0.2) is 0 Å². The minimum atomic E-state index is -0.141. The van der Waals surface area contributed by atoms with Crippen molar-refractivity contribution < 1.29 is 9.53 Å². The van der Waals surface area contributed by atoms with Gasteiger partial charge in [-0.15, -0.1) is 10.2 Å². The highest BCUT2D eigenvalue weighted by Crippen LogP contribution is 2.26. The summed E-state index contributed by atoms with van der Waals surface area (Å²) in [6.45, 7) is 7.03. The highest BCUT2D eigenvalue weighted by Gasteiger charge is 2.20. The molecule has 0 spiro atoms. The summed E-state index contributed by atoms with van der Waals surface area (Å²) < 4.78 is 5.61. The average molecular weight is 390 g/mol. The first-order valence-electron chi connectivity index (χ1n) is 9.76. The largest absolute Gasteiger partial charge is 0.492 e. The van der Waals surface area contributed by atoms with Gasteiger partial charge in [0, 0.05) is 12.6 Å². The standard InChI is InChI=1S/C23H26N4O2/c1-4-29-21-13-9-8-12-19(21)24-22-15-14-20(25-26-22)23(28)27(17(2)3)16-18-10-6-5-7-11-18/h5-15,17H,4,16H2,1-3H3,(H,24,26). The Kier molecular flexibility index (Phi) is 6.79. The molecule has 0 fully saturated rings. The number of amides is 1. The van der Waals surface area contributed by atoms with Crippen LogP contribution < -0.4 is 10.1 Å². The van der Waals surface area contributed by atoms with Crippen LogP contribution in [0, 0.1) is 0 Å². The molecule has 2 aromatic carbocycles. The molecule has 0 aliphatic carbocycles. The van der Waals surface area contributed by atoms with Crippen molar-refractivity contribution in [2.75, 3.05) is 11.9 Å². The van der Waals surface area contributed by atoms with E-state index in [0.717, 1.165) is 17.0 Å². The molecular formula is C23H26N4O2. The molecule has 1 amide bonds. The lowest BCUT2D eigenvalue weighted by Crippen LogP contribution is -2.37. The van der Waals surface area contributed by atoms with Crippen molar-refractivity contribution in [3.63, 3.8) is 0 Å². The summed E-state index contributed by atoms with van der Waals surface area (Å²) in [5, 5.41) is 11.5. The van der Waals surface area contributed by atoms with Crippen molar-refractivity contribution >= 4 is 17.4 Å². The maximum absolute atomic E-state index is 13.0. The zero-order valence-electron chi connectivity index (χ0n) is 17.0. The van der Waals surface area contributed by atoms with Crippen LogP contribution in [0.5, 0.6) is 5.75 Å². The molecule has 0 atom stereocenters. The van der Waals surface area contributed by atoms with Crippen molar-refractivity contribution in [3.05, 3.63) is 78.0 Å². The molecule has 6 heteroatoms. The van der Waals surface area contributed by atoms with Gasteiger partial charge in [-0.1, -0.05) is 42.5 Å². The lowest BCUT2D eigenvalue weighted by atomic mass is 10.1. The van der Waals surface area contributed by atoms with E-state index in [0.29, 0.717) is 24.7 Å². The molecule has 0 radical (unpaired) electrons. The normalized spacial score (nSPS) is 10.6. The lowest BCUT2D eigenvalue weighted by Gasteiger charge is -2.26. The Morgan fingerprint density at radius 2 is 1.72 bits per heavy atom. The molecule has 150 valence electrons. The molecule has 3 rings (SSSR count). The van der Waals surface area contributed by atoms with E-state index < -0.39 is 0 Å². The Bertz CT molecular complexity index is 927. The summed E-state index contributed by atoms with van der Waals surface area (Å²) in [5.41, 5.74) is 2.20. The first kappa shape index (κ1) is 20.3. The van der Waals surface area contributed by atoms with Gasteiger partial charge in [0.15, 0.2) is 11.5 Å².